The molecule has 1 aromatic rings. The zero-order chi connectivity index (χ0) is 12.3. The van der Waals surface area contributed by atoms with Crippen LogP contribution in [0.1, 0.15) is 18.6 Å². The molecule has 0 saturated heterocycles. The van der Waals surface area contributed by atoms with Crippen LogP contribution in [0, 0.1) is 0 Å². The van der Waals surface area contributed by atoms with Gasteiger partial charge in [0.1, 0.15) is 5.75 Å². The van der Waals surface area contributed by atoms with Crippen molar-refractivity contribution in [3.63, 3.8) is 0 Å². The molecule has 16 heavy (non-hydrogen) atoms. The molecule has 6 heteroatoms. The summed E-state index contributed by atoms with van der Waals surface area (Å²) in [6.45, 7) is 2.09. The predicted octanol–water partition coefficient (Wildman–Crippen LogP) is 3.33. The van der Waals surface area contributed by atoms with E-state index in [0.717, 1.165) is 12.1 Å². The maximum atomic E-state index is 12.2. The Morgan fingerprint density at radius 1 is 1.44 bits per heavy atom. The molecule has 0 amide bonds. The number of rotatable bonds is 3. The van der Waals surface area contributed by atoms with Gasteiger partial charge < -0.3 is 9.84 Å². The predicted molar refractivity (Wildman–Crippen MR) is 53.6 cm³/mol. The smallest absolute Gasteiger partial charge is 0.418 e. The third kappa shape index (κ3) is 3.02. The second-order valence-corrected chi connectivity index (χ2v) is 3.47. The minimum absolute atomic E-state index is 0.0441. The normalized spacial score (nSPS) is 13.6. The molecule has 0 aliphatic heterocycles. The maximum Gasteiger partial charge on any atom is 0.418 e. The van der Waals surface area contributed by atoms with E-state index in [4.69, 9.17) is 21.4 Å². The van der Waals surface area contributed by atoms with Crippen molar-refractivity contribution in [2.24, 2.45) is 0 Å². The summed E-state index contributed by atoms with van der Waals surface area (Å²) in [5.41, 5.74) is -0.305. The SMILES string of the molecule is CCOc1ccc(C(O)C(F)(F)F)cc1Cl. The summed E-state index contributed by atoms with van der Waals surface area (Å²) < 4.78 is 41.6. The van der Waals surface area contributed by atoms with E-state index in [0.29, 0.717) is 12.4 Å². The first kappa shape index (κ1) is 13.1. The van der Waals surface area contributed by atoms with Gasteiger partial charge >= 0.3 is 6.18 Å². The number of aliphatic hydroxyl groups is 1. The molecule has 1 unspecified atom stereocenters. The van der Waals surface area contributed by atoms with Crippen LogP contribution >= 0.6 is 11.6 Å². The Balaban J connectivity index is 2.97. The van der Waals surface area contributed by atoms with Crippen LogP contribution in [0.25, 0.3) is 0 Å². The van der Waals surface area contributed by atoms with E-state index < -0.39 is 12.3 Å². The fraction of sp³-hybridized carbons (Fsp3) is 0.400. The Labute approximate surface area is 95.6 Å². The average molecular weight is 255 g/mol. The summed E-state index contributed by atoms with van der Waals surface area (Å²) >= 11 is 5.70. The van der Waals surface area contributed by atoms with Crippen molar-refractivity contribution in [2.45, 2.75) is 19.2 Å². The van der Waals surface area contributed by atoms with Crippen LogP contribution < -0.4 is 4.74 Å². The van der Waals surface area contributed by atoms with E-state index >= 15 is 0 Å². The van der Waals surface area contributed by atoms with Crippen LogP contribution in [-0.4, -0.2) is 17.9 Å². The fourth-order valence-corrected chi connectivity index (χ4v) is 1.39. The maximum absolute atomic E-state index is 12.2. The van der Waals surface area contributed by atoms with Gasteiger partial charge in [-0.05, 0) is 24.6 Å². The summed E-state index contributed by atoms with van der Waals surface area (Å²) in [5, 5.41) is 9.02. The topological polar surface area (TPSA) is 29.5 Å². The highest BCUT2D eigenvalue weighted by molar-refractivity contribution is 6.32. The Kier molecular flexibility index (Phi) is 4.04. The number of benzene rings is 1. The van der Waals surface area contributed by atoms with E-state index in [1.54, 1.807) is 6.92 Å². The van der Waals surface area contributed by atoms with E-state index in [1.807, 2.05) is 0 Å². The minimum Gasteiger partial charge on any atom is -0.492 e. The van der Waals surface area contributed by atoms with Crippen molar-refractivity contribution in [1.29, 1.82) is 0 Å². The minimum atomic E-state index is -4.70. The summed E-state index contributed by atoms with van der Waals surface area (Å²) in [6, 6.07) is 3.48. The molecule has 1 atom stereocenters. The molecular formula is C10H10ClF3O2. The van der Waals surface area contributed by atoms with Crippen LogP contribution in [0.4, 0.5) is 13.2 Å². The highest BCUT2D eigenvalue weighted by Gasteiger charge is 2.39. The lowest BCUT2D eigenvalue weighted by atomic mass is 10.1. The van der Waals surface area contributed by atoms with Crippen LogP contribution in [0.3, 0.4) is 0 Å². The quantitative estimate of drug-likeness (QED) is 0.896. The molecular weight excluding hydrogens is 245 g/mol. The van der Waals surface area contributed by atoms with E-state index in [9.17, 15) is 13.2 Å². The van der Waals surface area contributed by atoms with Gasteiger partial charge in [0.2, 0.25) is 0 Å². The van der Waals surface area contributed by atoms with Gasteiger partial charge in [0.05, 0.1) is 11.6 Å². The lowest BCUT2D eigenvalue weighted by Gasteiger charge is -2.15. The van der Waals surface area contributed by atoms with Gasteiger partial charge in [-0.2, -0.15) is 13.2 Å². The molecule has 1 N–H and O–H groups in total. The molecule has 1 rings (SSSR count). The summed E-state index contributed by atoms with van der Waals surface area (Å²) in [6.07, 6.45) is -7.23. The van der Waals surface area contributed by atoms with Crippen LogP contribution in [0.5, 0.6) is 5.75 Å². The molecule has 1 aromatic carbocycles. The van der Waals surface area contributed by atoms with Crippen molar-refractivity contribution in [2.75, 3.05) is 6.61 Å². The first-order valence-electron chi connectivity index (χ1n) is 4.53. The Morgan fingerprint density at radius 2 is 2.06 bits per heavy atom. The van der Waals surface area contributed by atoms with Gasteiger partial charge in [-0.25, -0.2) is 0 Å². The van der Waals surface area contributed by atoms with Gasteiger partial charge in [0, 0.05) is 0 Å². The van der Waals surface area contributed by atoms with Crippen molar-refractivity contribution < 1.29 is 23.0 Å². The summed E-state index contributed by atoms with van der Waals surface area (Å²) in [7, 11) is 0. The zero-order valence-corrected chi connectivity index (χ0v) is 9.14. The number of alkyl halides is 3. The van der Waals surface area contributed by atoms with Crippen molar-refractivity contribution in [1.82, 2.24) is 0 Å². The van der Waals surface area contributed by atoms with Crippen molar-refractivity contribution in [3.05, 3.63) is 28.8 Å². The largest absolute Gasteiger partial charge is 0.492 e. The van der Waals surface area contributed by atoms with Crippen molar-refractivity contribution in [3.8, 4) is 5.75 Å². The molecule has 0 fully saturated rings. The third-order valence-electron chi connectivity index (χ3n) is 1.88. The van der Waals surface area contributed by atoms with Crippen LogP contribution in [-0.2, 0) is 0 Å². The van der Waals surface area contributed by atoms with Gasteiger partial charge in [0.25, 0.3) is 0 Å². The molecule has 2 nitrogen and oxygen atoms in total. The van der Waals surface area contributed by atoms with Gasteiger partial charge in [0.15, 0.2) is 6.10 Å². The standard InChI is InChI=1S/C10H10ClF3O2/c1-2-16-8-4-3-6(5-7(8)11)9(15)10(12,13)14/h3-5,9,15H,2H2,1H3. The van der Waals surface area contributed by atoms with E-state index in [1.165, 1.54) is 6.07 Å². The van der Waals surface area contributed by atoms with Gasteiger partial charge in [-0.3, -0.25) is 0 Å². The molecule has 0 radical (unpaired) electrons. The number of ether oxygens (including phenoxy) is 1. The number of halogens is 4. The first-order chi connectivity index (χ1) is 7.36. The number of aliphatic hydroxyl groups excluding tert-OH is 1. The Bertz CT molecular complexity index is 366. The monoisotopic (exact) mass is 254 g/mol. The Hall–Kier alpha value is -0.940. The second kappa shape index (κ2) is 4.93. The number of hydrogen-bond acceptors (Lipinski definition) is 2. The lowest BCUT2D eigenvalue weighted by Crippen LogP contribution is -2.20. The highest BCUT2D eigenvalue weighted by Crippen LogP contribution is 2.35. The number of hydrogen-bond donors (Lipinski definition) is 1. The van der Waals surface area contributed by atoms with E-state index in [2.05, 4.69) is 0 Å². The molecule has 0 aromatic heterocycles. The molecule has 0 aliphatic carbocycles. The molecule has 0 aliphatic rings. The van der Waals surface area contributed by atoms with Gasteiger partial charge in [-0.15, -0.1) is 0 Å². The Morgan fingerprint density at radius 3 is 2.50 bits per heavy atom. The zero-order valence-electron chi connectivity index (χ0n) is 8.38. The summed E-state index contributed by atoms with van der Waals surface area (Å²) in [5.74, 6) is 0.294. The first-order valence-corrected chi connectivity index (χ1v) is 4.91. The molecule has 0 spiro atoms. The van der Waals surface area contributed by atoms with Crippen molar-refractivity contribution >= 4 is 11.6 Å². The third-order valence-corrected chi connectivity index (χ3v) is 2.18. The molecule has 0 saturated carbocycles. The van der Waals surface area contributed by atoms with Crippen LogP contribution in [0.15, 0.2) is 18.2 Å². The second-order valence-electron chi connectivity index (χ2n) is 3.07. The highest BCUT2D eigenvalue weighted by atomic mass is 35.5. The summed E-state index contributed by atoms with van der Waals surface area (Å²) in [4.78, 5) is 0. The average Bonchev–Trinajstić information content (AvgIpc) is 2.19. The fourth-order valence-electron chi connectivity index (χ4n) is 1.15. The molecule has 0 heterocycles. The molecule has 0 bridgehead atoms. The van der Waals surface area contributed by atoms with Crippen LogP contribution in [0.2, 0.25) is 5.02 Å². The lowest BCUT2D eigenvalue weighted by molar-refractivity contribution is -0.206. The molecule has 90 valence electrons. The van der Waals surface area contributed by atoms with Gasteiger partial charge in [-0.1, -0.05) is 17.7 Å². The van der Waals surface area contributed by atoms with E-state index in [-0.39, 0.29) is 10.6 Å².